The van der Waals surface area contributed by atoms with Gasteiger partial charge in [0.25, 0.3) is 10.1 Å². The number of aryl methyl sites for hydroxylation is 1. The Balaban J connectivity index is 2.16. The van der Waals surface area contributed by atoms with Crippen molar-refractivity contribution in [2.45, 2.75) is 82.4 Å². The summed E-state index contributed by atoms with van der Waals surface area (Å²) in [5, 5.41) is 9.65. The van der Waals surface area contributed by atoms with Crippen LogP contribution in [-0.2, 0) is 16.5 Å². The van der Waals surface area contributed by atoms with Crippen LogP contribution in [0.3, 0.4) is 0 Å². The molecule has 0 bridgehead atoms. The third-order valence-corrected chi connectivity index (χ3v) is 5.02. The quantitative estimate of drug-likeness (QED) is 0.409. The normalized spacial score (nSPS) is 11.7. The van der Waals surface area contributed by atoms with E-state index in [1.54, 1.807) is 6.07 Å². The van der Waals surface area contributed by atoms with E-state index in [0.717, 1.165) is 24.8 Å². The van der Waals surface area contributed by atoms with Crippen molar-refractivity contribution >= 4 is 10.1 Å². The first kappa shape index (κ1) is 20.0. The molecule has 0 aliphatic heterocycles. The molecule has 0 fully saturated rings. The lowest BCUT2D eigenvalue weighted by Crippen LogP contribution is -1.99. The van der Waals surface area contributed by atoms with Crippen molar-refractivity contribution in [3.05, 3.63) is 23.8 Å². The fourth-order valence-corrected chi connectivity index (χ4v) is 3.32. The monoisotopic (exact) mass is 342 g/mol. The van der Waals surface area contributed by atoms with E-state index in [1.807, 2.05) is 0 Å². The van der Waals surface area contributed by atoms with Crippen LogP contribution in [0.5, 0.6) is 5.75 Å². The zero-order valence-electron chi connectivity index (χ0n) is 14.1. The summed E-state index contributed by atoms with van der Waals surface area (Å²) >= 11 is 0. The molecule has 0 atom stereocenters. The first-order valence-electron chi connectivity index (χ1n) is 8.74. The summed E-state index contributed by atoms with van der Waals surface area (Å²) in [6.07, 6.45) is 13.5. The summed E-state index contributed by atoms with van der Waals surface area (Å²) in [6.45, 7) is 2.23. The minimum Gasteiger partial charge on any atom is -0.506 e. The van der Waals surface area contributed by atoms with Crippen LogP contribution in [0.15, 0.2) is 23.1 Å². The molecule has 5 heteroatoms. The lowest BCUT2D eigenvalue weighted by atomic mass is 10.0. The van der Waals surface area contributed by atoms with Crippen molar-refractivity contribution in [2.24, 2.45) is 0 Å². The van der Waals surface area contributed by atoms with Gasteiger partial charge in [0.1, 0.15) is 10.6 Å². The highest BCUT2D eigenvalue weighted by Crippen LogP contribution is 2.24. The van der Waals surface area contributed by atoms with Crippen LogP contribution in [0.2, 0.25) is 0 Å². The van der Waals surface area contributed by atoms with Gasteiger partial charge < -0.3 is 5.11 Å². The average Bonchev–Trinajstić information content (AvgIpc) is 2.48. The molecule has 0 radical (unpaired) electrons. The first-order chi connectivity index (χ1) is 10.9. The van der Waals surface area contributed by atoms with Crippen LogP contribution in [0.1, 0.15) is 76.7 Å². The molecule has 0 saturated heterocycles. The largest absolute Gasteiger partial charge is 0.506 e. The molecule has 2 N–H and O–H groups in total. The van der Waals surface area contributed by atoms with E-state index >= 15 is 0 Å². The molecule has 0 saturated carbocycles. The lowest BCUT2D eigenvalue weighted by Gasteiger charge is -2.06. The van der Waals surface area contributed by atoms with Gasteiger partial charge in [0.2, 0.25) is 0 Å². The van der Waals surface area contributed by atoms with Crippen LogP contribution in [0.25, 0.3) is 0 Å². The summed E-state index contributed by atoms with van der Waals surface area (Å²) in [7, 11) is -4.34. The number of benzene rings is 1. The maximum atomic E-state index is 11.0. The van der Waals surface area contributed by atoms with Gasteiger partial charge in [-0.15, -0.1) is 0 Å². The lowest BCUT2D eigenvalue weighted by molar-refractivity contribution is 0.442. The zero-order valence-corrected chi connectivity index (χ0v) is 14.9. The van der Waals surface area contributed by atoms with Gasteiger partial charge in [0.05, 0.1) is 0 Å². The number of phenols is 1. The van der Waals surface area contributed by atoms with Gasteiger partial charge in [-0.1, -0.05) is 70.8 Å². The molecule has 132 valence electrons. The van der Waals surface area contributed by atoms with Crippen molar-refractivity contribution in [3.63, 3.8) is 0 Å². The van der Waals surface area contributed by atoms with E-state index in [1.165, 1.54) is 63.5 Å². The minimum atomic E-state index is -4.34. The van der Waals surface area contributed by atoms with Crippen molar-refractivity contribution < 1.29 is 18.1 Å². The number of rotatable bonds is 12. The zero-order chi connectivity index (χ0) is 17.1. The molecule has 4 nitrogen and oxygen atoms in total. The van der Waals surface area contributed by atoms with Gasteiger partial charge in [-0.2, -0.15) is 8.42 Å². The predicted octanol–water partition coefficient (Wildman–Crippen LogP) is 5.10. The highest BCUT2D eigenvalue weighted by molar-refractivity contribution is 7.86. The second kappa shape index (κ2) is 10.7. The molecule has 1 aromatic rings. The summed E-state index contributed by atoms with van der Waals surface area (Å²) < 4.78 is 30.9. The van der Waals surface area contributed by atoms with E-state index in [-0.39, 0.29) is 5.75 Å². The molecule has 0 aliphatic rings. The van der Waals surface area contributed by atoms with Crippen LogP contribution in [0.4, 0.5) is 0 Å². The Labute approximate surface area is 140 Å². The standard InChI is InChI=1S/C18H30O4S/c1-2-3-4-5-6-7-8-9-10-11-12-16-13-14-18(17(19)15-16)23(20,21)22/h13-15,19H,2-12H2,1H3,(H,20,21,22). The maximum Gasteiger partial charge on any atom is 0.298 e. The third-order valence-electron chi connectivity index (χ3n) is 4.12. The van der Waals surface area contributed by atoms with Crippen molar-refractivity contribution in [2.75, 3.05) is 0 Å². The van der Waals surface area contributed by atoms with Crippen LogP contribution in [-0.4, -0.2) is 18.1 Å². The predicted molar refractivity (Wildman–Crippen MR) is 93.5 cm³/mol. The number of hydrogen-bond donors (Lipinski definition) is 2. The third kappa shape index (κ3) is 8.37. The summed E-state index contributed by atoms with van der Waals surface area (Å²) in [5.41, 5.74) is 0.898. The molecule has 0 aliphatic carbocycles. The summed E-state index contributed by atoms with van der Waals surface area (Å²) in [6, 6.07) is 4.34. The molecule has 0 heterocycles. The SMILES string of the molecule is CCCCCCCCCCCCc1ccc(S(=O)(=O)O)c(O)c1. The number of hydrogen-bond acceptors (Lipinski definition) is 3. The molecule has 1 rings (SSSR count). The fourth-order valence-electron chi connectivity index (χ4n) is 2.75. The van der Waals surface area contributed by atoms with Gasteiger partial charge in [-0.3, -0.25) is 4.55 Å². The van der Waals surface area contributed by atoms with Crippen LogP contribution >= 0.6 is 0 Å². The maximum absolute atomic E-state index is 11.0. The summed E-state index contributed by atoms with van der Waals surface area (Å²) in [5.74, 6) is -0.378. The summed E-state index contributed by atoms with van der Waals surface area (Å²) in [4.78, 5) is -0.427. The van der Waals surface area contributed by atoms with E-state index in [0.29, 0.717) is 0 Å². The molecule has 0 spiro atoms. The Morgan fingerprint density at radius 1 is 0.870 bits per heavy atom. The highest BCUT2D eigenvalue weighted by atomic mass is 32.2. The van der Waals surface area contributed by atoms with Gasteiger partial charge in [-0.05, 0) is 30.5 Å². The van der Waals surface area contributed by atoms with E-state index in [9.17, 15) is 13.5 Å². The first-order valence-corrected chi connectivity index (χ1v) is 10.2. The minimum absolute atomic E-state index is 0.378. The van der Waals surface area contributed by atoms with E-state index < -0.39 is 15.0 Å². The molecule has 1 aromatic carbocycles. The van der Waals surface area contributed by atoms with Gasteiger partial charge in [0, 0.05) is 0 Å². The second-order valence-corrected chi connectivity index (χ2v) is 7.60. The highest BCUT2D eigenvalue weighted by Gasteiger charge is 2.15. The Bertz CT molecular complexity index is 552. The Kier molecular flexibility index (Phi) is 9.26. The van der Waals surface area contributed by atoms with Gasteiger partial charge >= 0.3 is 0 Å². The molecule has 0 aromatic heterocycles. The fraction of sp³-hybridized carbons (Fsp3) is 0.667. The van der Waals surface area contributed by atoms with Gasteiger partial charge in [0.15, 0.2) is 0 Å². The van der Waals surface area contributed by atoms with Crippen LogP contribution < -0.4 is 0 Å². The van der Waals surface area contributed by atoms with Crippen molar-refractivity contribution in [1.82, 2.24) is 0 Å². The topological polar surface area (TPSA) is 74.6 Å². The molecular formula is C18H30O4S. The Hall–Kier alpha value is -1.07. The molecular weight excluding hydrogens is 312 g/mol. The Morgan fingerprint density at radius 2 is 1.39 bits per heavy atom. The van der Waals surface area contributed by atoms with Crippen molar-refractivity contribution in [1.29, 1.82) is 0 Å². The molecule has 0 amide bonds. The van der Waals surface area contributed by atoms with Gasteiger partial charge in [-0.25, -0.2) is 0 Å². The molecule has 0 unspecified atom stereocenters. The van der Waals surface area contributed by atoms with Crippen molar-refractivity contribution in [3.8, 4) is 5.75 Å². The average molecular weight is 343 g/mol. The van der Waals surface area contributed by atoms with E-state index in [2.05, 4.69) is 6.92 Å². The molecule has 23 heavy (non-hydrogen) atoms. The number of phenolic OH excluding ortho intramolecular Hbond substituents is 1. The second-order valence-electron chi connectivity index (χ2n) is 6.21. The van der Waals surface area contributed by atoms with Crippen LogP contribution in [0, 0.1) is 0 Å². The Morgan fingerprint density at radius 3 is 1.87 bits per heavy atom. The number of aromatic hydroxyl groups is 1. The van der Waals surface area contributed by atoms with E-state index in [4.69, 9.17) is 4.55 Å². The number of unbranched alkanes of at least 4 members (excludes halogenated alkanes) is 9. The smallest absolute Gasteiger partial charge is 0.298 e.